The van der Waals surface area contributed by atoms with Gasteiger partial charge in [-0.2, -0.15) is 13.2 Å². The minimum Gasteiger partial charge on any atom is -0.444 e. The van der Waals surface area contributed by atoms with Crippen LogP contribution in [0.15, 0.2) is 0 Å². The lowest BCUT2D eigenvalue weighted by Crippen LogP contribution is -2.50. The number of alkyl halides is 3. The molecule has 0 radical (unpaired) electrons. The first kappa shape index (κ1) is 18.0. The molecule has 0 bridgehead atoms. The van der Waals surface area contributed by atoms with Crippen molar-refractivity contribution < 1.29 is 27.8 Å². The summed E-state index contributed by atoms with van der Waals surface area (Å²) < 4.78 is 41.8. The Bertz CT molecular complexity index is 348. The van der Waals surface area contributed by atoms with Crippen LogP contribution in [0.4, 0.5) is 18.0 Å². The van der Waals surface area contributed by atoms with E-state index in [9.17, 15) is 18.0 Å². The molecule has 0 aromatic carbocycles. The molecule has 0 saturated carbocycles. The van der Waals surface area contributed by atoms with Gasteiger partial charge in [-0.1, -0.05) is 0 Å². The molecule has 0 aliphatic carbocycles. The standard InChI is InChI=1S/C13H23F3N2O3/c1-12(2,3)21-11(20)18-8-6-17(7-9-18)5-4-10(19)13(14,15)16/h10,19H,4-9H2,1-3H3/t10-/m1/s1. The maximum atomic E-state index is 12.2. The van der Waals surface area contributed by atoms with Gasteiger partial charge in [0, 0.05) is 32.7 Å². The number of carbonyl (C=O) groups is 1. The van der Waals surface area contributed by atoms with Crippen molar-refractivity contribution in [2.24, 2.45) is 0 Å². The predicted molar refractivity (Wildman–Crippen MR) is 70.9 cm³/mol. The molecule has 1 heterocycles. The van der Waals surface area contributed by atoms with Crippen LogP contribution in [-0.2, 0) is 4.74 Å². The Morgan fingerprint density at radius 2 is 1.71 bits per heavy atom. The van der Waals surface area contributed by atoms with Gasteiger partial charge in [-0.3, -0.25) is 4.90 Å². The lowest BCUT2D eigenvalue weighted by Gasteiger charge is -2.35. The largest absolute Gasteiger partial charge is 0.444 e. The van der Waals surface area contributed by atoms with E-state index in [0.717, 1.165) is 0 Å². The van der Waals surface area contributed by atoms with Crippen molar-refractivity contribution >= 4 is 6.09 Å². The average molecular weight is 312 g/mol. The fourth-order valence-electron chi connectivity index (χ4n) is 1.95. The number of piperazine rings is 1. The van der Waals surface area contributed by atoms with Gasteiger partial charge in [-0.15, -0.1) is 0 Å². The number of nitrogens with zero attached hydrogens (tertiary/aromatic N) is 2. The number of hydrogen-bond acceptors (Lipinski definition) is 4. The van der Waals surface area contributed by atoms with Crippen LogP contribution in [0.2, 0.25) is 0 Å². The normalized spacial score (nSPS) is 19.5. The monoisotopic (exact) mass is 312 g/mol. The average Bonchev–Trinajstić information content (AvgIpc) is 2.33. The quantitative estimate of drug-likeness (QED) is 0.864. The van der Waals surface area contributed by atoms with E-state index in [2.05, 4.69) is 0 Å². The summed E-state index contributed by atoms with van der Waals surface area (Å²) in [5.41, 5.74) is -0.564. The van der Waals surface area contributed by atoms with Gasteiger partial charge in [-0.25, -0.2) is 4.79 Å². The Morgan fingerprint density at radius 3 is 2.14 bits per heavy atom. The van der Waals surface area contributed by atoms with Gasteiger partial charge in [0.2, 0.25) is 0 Å². The molecule has 124 valence electrons. The van der Waals surface area contributed by atoms with E-state index >= 15 is 0 Å². The van der Waals surface area contributed by atoms with Crippen molar-refractivity contribution in [1.29, 1.82) is 0 Å². The minimum atomic E-state index is -4.57. The first-order valence-electron chi connectivity index (χ1n) is 6.94. The van der Waals surface area contributed by atoms with Crippen molar-refractivity contribution in [3.8, 4) is 0 Å². The number of carbonyl (C=O) groups excluding carboxylic acids is 1. The van der Waals surface area contributed by atoms with Crippen LogP contribution in [0.25, 0.3) is 0 Å². The number of amides is 1. The Hall–Kier alpha value is -1.02. The first-order chi connectivity index (χ1) is 9.49. The highest BCUT2D eigenvalue weighted by Gasteiger charge is 2.38. The van der Waals surface area contributed by atoms with Gasteiger partial charge < -0.3 is 14.7 Å². The highest BCUT2D eigenvalue weighted by atomic mass is 19.4. The van der Waals surface area contributed by atoms with Gasteiger partial charge in [0.1, 0.15) is 5.60 Å². The molecule has 1 atom stereocenters. The SMILES string of the molecule is CC(C)(C)OC(=O)N1CCN(CC[C@@H](O)C(F)(F)F)CC1. The second-order valence-electron chi connectivity index (χ2n) is 6.16. The zero-order valence-corrected chi connectivity index (χ0v) is 12.6. The van der Waals surface area contributed by atoms with Gasteiger partial charge >= 0.3 is 12.3 Å². The molecular formula is C13H23F3N2O3. The molecule has 1 aliphatic heterocycles. The second kappa shape index (κ2) is 6.83. The summed E-state index contributed by atoms with van der Waals surface area (Å²) in [6.45, 7) is 7.27. The smallest absolute Gasteiger partial charge is 0.414 e. The molecule has 1 rings (SSSR count). The first-order valence-corrected chi connectivity index (χ1v) is 6.94. The zero-order valence-electron chi connectivity index (χ0n) is 12.6. The van der Waals surface area contributed by atoms with E-state index in [1.807, 2.05) is 0 Å². The molecule has 1 N–H and O–H groups in total. The highest BCUT2D eigenvalue weighted by molar-refractivity contribution is 5.68. The summed E-state index contributed by atoms with van der Waals surface area (Å²) in [6.07, 6.45) is -7.62. The Morgan fingerprint density at radius 1 is 1.19 bits per heavy atom. The van der Waals surface area contributed by atoms with E-state index in [0.29, 0.717) is 26.2 Å². The molecule has 0 aromatic heterocycles. The number of hydrogen-bond donors (Lipinski definition) is 1. The summed E-state index contributed by atoms with van der Waals surface area (Å²) in [4.78, 5) is 15.2. The van der Waals surface area contributed by atoms with E-state index in [1.54, 1.807) is 30.6 Å². The van der Waals surface area contributed by atoms with E-state index in [4.69, 9.17) is 9.84 Å². The lowest BCUT2D eigenvalue weighted by atomic mass is 10.2. The van der Waals surface area contributed by atoms with Crippen LogP contribution in [0.3, 0.4) is 0 Å². The minimum absolute atomic E-state index is 0.156. The van der Waals surface area contributed by atoms with Crippen LogP contribution in [-0.4, -0.2) is 71.6 Å². The number of ether oxygens (including phenoxy) is 1. The molecule has 1 aliphatic rings. The molecule has 0 aromatic rings. The molecule has 5 nitrogen and oxygen atoms in total. The van der Waals surface area contributed by atoms with Crippen molar-refractivity contribution in [2.75, 3.05) is 32.7 Å². The third kappa shape index (κ3) is 6.52. The second-order valence-corrected chi connectivity index (χ2v) is 6.16. The number of rotatable bonds is 3. The molecule has 0 unspecified atom stereocenters. The van der Waals surface area contributed by atoms with Crippen molar-refractivity contribution in [1.82, 2.24) is 9.80 Å². The molecule has 21 heavy (non-hydrogen) atoms. The van der Waals surface area contributed by atoms with Crippen LogP contribution in [0, 0.1) is 0 Å². The summed E-state index contributed by atoms with van der Waals surface area (Å²) in [7, 11) is 0. The Labute approximate surface area is 122 Å². The molecule has 1 amide bonds. The number of halogens is 3. The van der Waals surface area contributed by atoms with E-state index < -0.39 is 24.0 Å². The maximum absolute atomic E-state index is 12.2. The Balaban J connectivity index is 2.31. The molecule has 8 heteroatoms. The summed E-state index contributed by atoms with van der Waals surface area (Å²) in [6, 6.07) is 0. The van der Waals surface area contributed by atoms with E-state index in [-0.39, 0.29) is 13.0 Å². The third-order valence-electron chi connectivity index (χ3n) is 3.12. The maximum Gasteiger partial charge on any atom is 0.414 e. The van der Waals surface area contributed by atoms with Gasteiger partial charge in [0.05, 0.1) is 0 Å². The van der Waals surface area contributed by atoms with Crippen molar-refractivity contribution in [2.45, 2.75) is 45.1 Å². The van der Waals surface area contributed by atoms with Crippen LogP contribution in [0.1, 0.15) is 27.2 Å². The van der Waals surface area contributed by atoms with Gasteiger partial charge in [0.15, 0.2) is 6.10 Å². The third-order valence-corrected chi connectivity index (χ3v) is 3.12. The topological polar surface area (TPSA) is 53.0 Å². The van der Waals surface area contributed by atoms with Crippen LogP contribution in [0.5, 0.6) is 0 Å². The fraction of sp³-hybridized carbons (Fsp3) is 0.923. The summed E-state index contributed by atoms with van der Waals surface area (Å²) >= 11 is 0. The molecule has 1 fully saturated rings. The van der Waals surface area contributed by atoms with Crippen LogP contribution < -0.4 is 0 Å². The molecule has 1 saturated heterocycles. The predicted octanol–water partition coefficient (Wildman–Crippen LogP) is 1.85. The molecular weight excluding hydrogens is 289 g/mol. The van der Waals surface area contributed by atoms with Crippen LogP contribution >= 0.6 is 0 Å². The van der Waals surface area contributed by atoms with Crippen molar-refractivity contribution in [3.63, 3.8) is 0 Å². The molecule has 0 spiro atoms. The summed E-state index contributed by atoms with van der Waals surface area (Å²) in [5.74, 6) is 0. The fourth-order valence-corrected chi connectivity index (χ4v) is 1.95. The van der Waals surface area contributed by atoms with E-state index in [1.165, 1.54) is 0 Å². The summed E-state index contributed by atoms with van der Waals surface area (Å²) in [5, 5.41) is 8.95. The number of aliphatic hydroxyl groups excluding tert-OH is 1. The zero-order chi connectivity index (χ0) is 16.3. The van der Waals surface area contributed by atoms with Crippen molar-refractivity contribution in [3.05, 3.63) is 0 Å². The van der Waals surface area contributed by atoms with Gasteiger partial charge in [-0.05, 0) is 27.2 Å². The Kier molecular flexibility index (Phi) is 5.86. The number of aliphatic hydroxyl groups is 1. The highest BCUT2D eigenvalue weighted by Crippen LogP contribution is 2.22. The van der Waals surface area contributed by atoms with Gasteiger partial charge in [0.25, 0.3) is 0 Å². The lowest BCUT2D eigenvalue weighted by molar-refractivity contribution is -0.206.